The fraction of sp³-hybridized carbons (Fsp3) is 0.381. The number of rotatable bonds is 4. The molecule has 4 rings (SSSR count). The van der Waals surface area contributed by atoms with E-state index in [1.165, 1.54) is 16.0 Å². The zero-order valence-electron chi connectivity index (χ0n) is 14.5. The van der Waals surface area contributed by atoms with E-state index in [0.717, 1.165) is 32.5 Å². The monoisotopic (exact) mass is 353 g/mol. The van der Waals surface area contributed by atoms with Crippen molar-refractivity contribution in [1.29, 1.82) is 0 Å². The number of allylic oxidation sites excluding steroid dienone is 1. The average molecular weight is 353 g/mol. The summed E-state index contributed by atoms with van der Waals surface area (Å²) in [5.74, 6) is -0.205. The summed E-state index contributed by atoms with van der Waals surface area (Å²) in [4.78, 5) is 16.2. The SMILES string of the molecule is CCOC(=O)c1ccc(CN2CCC3(C=Cc4ccccc43)CC2)s1. The van der Waals surface area contributed by atoms with E-state index >= 15 is 0 Å². The normalized spacial score (nSPS) is 18.4. The Morgan fingerprint density at radius 1 is 1.20 bits per heavy atom. The summed E-state index contributed by atoms with van der Waals surface area (Å²) in [6.45, 7) is 5.36. The summed E-state index contributed by atoms with van der Waals surface area (Å²) in [6, 6.07) is 12.7. The fourth-order valence-electron chi connectivity index (χ4n) is 3.98. The number of hydrogen-bond acceptors (Lipinski definition) is 4. The zero-order valence-corrected chi connectivity index (χ0v) is 15.3. The van der Waals surface area contributed by atoms with Crippen LogP contribution in [-0.4, -0.2) is 30.6 Å². The van der Waals surface area contributed by atoms with Gasteiger partial charge in [-0.1, -0.05) is 36.4 Å². The first-order valence-corrected chi connectivity index (χ1v) is 9.79. The highest BCUT2D eigenvalue weighted by Crippen LogP contribution is 2.43. The lowest BCUT2D eigenvalue weighted by molar-refractivity contribution is 0.0532. The van der Waals surface area contributed by atoms with Crippen LogP contribution in [0.1, 0.15) is 45.4 Å². The highest BCUT2D eigenvalue weighted by Gasteiger charge is 2.37. The molecule has 2 aromatic rings. The van der Waals surface area contributed by atoms with Crippen LogP contribution in [0.2, 0.25) is 0 Å². The van der Waals surface area contributed by atoms with Gasteiger partial charge in [-0.3, -0.25) is 4.90 Å². The molecule has 1 saturated heterocycles. The molecule has 1 spiro atoms. The average Bonchev–Trinajstić information content (AvgIpc) is 3.24. The molecule has 1 aliphatic heterocycles. The predicted molar refractivity (Wildman–Crippen MR) is 102 cm³/mol. The molecule has 2 aliphatic rings. The van der Waals surface area contributed by atoms with Crippen LogP contribution in [-0.2, 0) is 16.7 Å². The molecule has 2 heterocycles. The molecule has 130 valence electrons. The molecule has 3 nitrogen and oxygen atoms in total. The Kier molecular flexibility index (Phi) is 4.48. The van der Waals surface area contributed by atoms with Gasteiger partial charge in [0, 0.05) is 16.8 Å². The van der Waals surface area contributed by atoms with Crippen LogP contribution in [0.5, 0.6) is 0 Å². The minimum absolute atomic E-state index is 0.205. The van der Waals surface area contributed by atoms with Crippen LogP contribution in [0.25, 0.3) is 6.08 Å². The fourth-order valence-corrected chi connectivity index (χ4v) is 4.92. The lowest BCUT2D eigenvalue weighted by Gasteiger charge is -2.39. The molecule has 0 bridgehead atoms. The molecule has 0 N–H and O–H groups in total. The van der Waals surface area contributed by atoms with E-state index in [4.69, 9.17) is 4.74 Å². The first-order valence-electron chi connectivity index (χ1n) is 8.97. The Hall–Kier alpha value is -1.91. The van der Waals surface area contributed by atoms with Gasteiger partial charge in [0.1, 0.15) is 4.88 Å². The van der Waals surface area contributed by atoms with E-state index in [-0.39, 0.29) is 11.4 Å². The number of nitrogens with zero attached hydrogens (tertiary/aromatic N) is 1. The summed E-state index contributed by atoms with van der Waals surface area (Å²) < 4.78 is 5.08. The lowest BCUT2D eigenvalue weighted by Crippen LogP contribution is -2.40. The van der Waals surface area contributed by atoms with E-state index in [0.29, 0.717) is 11.5 Å². The summed E-state index contributed by atoms with van der Waals surface area (Å²) in [7, 11) is 0. The number of piperidine rings is 1. The number of benzene rings is 1. The van der Waals surface area contributed by atoms with Gasteiger partial charge in [0.25, 0.3) is 0 Å². The number of carbonyl (C=O) groups excluding carboxylic acids is 1. The van der Waals surface area contributed by atoms with Gasteiger partial charge in [-0.15, -0.1) is 11.3 Å². The number of esters is 1. The zero-order chi connectivity index (χ0) is 17.3. The third kappa shape index (κ3) is 3.16. The summed E-state index contributed by atoms with van der Waals surface area (Å²) in [6.07, 6.45) is 7.03. The van der Waals surface area contributed by atoms with Crippen LogP contribution < -0.4 is 0 Å². The van der Waals surface area contributed by atoms with Crippen LogP contribution >= 0.6 is 11.3 Å². The molecule has 0 unspecified atom stereocenters. The largest absolute Gasteiger partial charge is 0.462 e. The van der Waals surface area contributed by atoms with Crippen LogP contribution in [0.15, 0.2) is 42.5 Å². The minimum Gasteiger partial charge on any atom is -0.462 e. The number of ether oxygens (including phenoxy) is 1. The van der Waals surface area contributed by atoms with Gasteiger partial charge in [0.05, 0.1) is 6.61 Å². The van der Waals surface area contributed by atoms with Crippen molar-refractivity contribution in [2.24, 2.45) is 0 Å². The highest BCUT2D eigenvalue weighted by molar-refractivity contribution is 7.13. The molecule has 1 fully saturated rings. The molecule has 0 radical (unpaired) electrons. The van der Waals surface area contributed by atoms with E-state index in [1.807, 2.05) is 13.0 Å². The number of hydrogen-bond donors (Lipinski definition) is 0. The number of thiophene rings is 1. The molecule has 4 heteroatoms. The molecule has 1 aromatic heterocycles. The molecular weight excluding hydrogens is 330 g/mol. The van der Waals surface area contributed by atoms with Gasteiger partial charge >= 0.3 is 5.97 Å². The van der Waals surface area contributed by atoms with Crippen molar-refractivity contribution < 1.29 is 9.53 Å². The van der Waals surface area contributed by atoms with Crippen molar-refractivity contribution in [2.75, 3.05) is 19.7 Å². The molecule has 25 heavy (non-hydrogen) atoms. The predicted octanol–water partition coefficient (Wildman–Crippen LogP) is 4.49. The van der Waals surface area contributed by atoms with Gasteiger partial charge in [-0.2, -0.15) is 0 Å². The molecular formula is C21H23NO2S. The highest BCUT2D eigenvalue weighted by atomic mass is 32.1. The maximum Gasteiger partial charge on any atom is 0.348 e. The van der Waals surface area contributed by atoms with E-state index < -0.39 is 0 Å². The number of fused-ring (bicyclic) bond motifs is 2. The standard InChI is InChI=1S/C21H23NO2S/c1-2-24-20(23)19-8-7-17(25-19)15-22-13-11-21(12-14-22)10-9-16-5-3-4-6-18(16)21/h3-10H,2,11-15H2,1H3. The maximum absolute atomic E-state index is 11.8. The van der Waals surface area contributed by atoms with Gasteiger partial charge < -0.3 is 4.74 Å². The topological polar surface area (TPSA) is 29.5 Å². The summed E-state index contributed by atoms with van der Waals surface area (Å²) >= 11 is 1.56. The van der Waals surface area contributed by atoms with Crippen molar-refractivity contribution in [2.45, 2.75) is 31.7 Å². The molecule has 0 atom stereocenters. The van der Waals surface area contributed by atoms with Crippen LogP contribution in [0.3, 0.4) is 0 Å². The molecule has 1 aliphatic carbocycles. The third-order valence-electron chi connectivity index (χ3n) is 5.35. The van der Waals surface area contributed by atoms with Crippen LogP contribution in [0.4, 0.5) is 0 Å². The van der Waals surface area contributed by atoms with Crippen LogP contribution in [0, 0.1) is 0 Å². The first kappa shape index (κ1) is 16.6. The second kappa shape index (κ2) is 6.77. The maximum atomic E-state index is 11.8. The number of likely N-dealkylation sites (tertiary alicyclic amines) is 1. The molecule has 0 saturated carbocycles. The Morgan fingerprint density at radius 3 is 2.80 bits per heavy atom. The second-order valence-electron chi connectivity index (χ2n) is 6.84. The van der Waals surface area contributed by atoms with Crippen molar-refractivity contribution in [1.82, 2.24) is 4.90 Å². The first-order chi connectivity index (χ1) is 12.2. The van der Waals surface area contributed by atoms with E-state index in [9.17, 15) is 4.79 Å². The summed E-state index contributed by atoms with van der Waals surface area (Å²) in [5.41, 5.74) is 3.11. The van der Waals surface area contributed by atoms with Crippen molar-refractivity contribution in [3.63, 3.8) is 0 Å². The lowest BCUT2D eigenvalue weighted by atomic mass is 9.74. The van der Waals surface area contributed by atoms with Crippen molar-refractivity contribution in [3.05, 3.63) is 63.4 Å². The second-order valence-corrected chi connectivity index (χ2v) is 8.01. The minimum atomic E-state index is -0.205. The Morgan fingerprint density at radius 2 is 2.00 bits per heavy atom. The van der Waals surface area contributed by atoms with Gasteiger partial charge in [-0.25, -0.2) is 4.79 Å². The smallest absolute Gasteiger partial charge is 0.348 e. The Bertz CT molecular complexity index is 800. The van der Waals surface area contributed by atoms with E-state index in [2.05, 4.69) is 47.4 Å². The number of carbonyl (C=O) groups is 1. The quantitative estimate of drug-likeness (QED) is 0.759. The Balaban J connectivity index is 1.39. The van der Waals surface area contributed by atoms with Crippen molar-refractivity contribution >= 4 is 23.4 Å². The summed E-state index contributed by atoms with van der Waals surface area (Å²) in [5, 5.41) is 0. The molecule has 1 aromatic carbocycles. The van der Waals surface area contributed by atoms with Gasteiger partial charge in [0.15, 0.2) is 0 Å². The van der Waals surface area contributed by atoms with Crippen molar-refractivity contribution in [3.8, 4) is 0 Å². The third-order valence-corrected chi connectivity index (χ3v) is 6.40. The van der Waals surface area contributed by atoms with Gasteiger partial charge in [0.2, 0.25) is 0 Å². The van der Waals surface area contributed by atoms with E-state index in [1.54, 1.807) is 11.3 Å². The Labute approximate surface area is 152 Å². The van der Waals surface area contributed by atoms with Gasteiger partial charge in [-0.05, 0) is 56.1 Å². The molecule has 0 amide bonds.